The number of aryl methyl sites for hydroxylation is 1. The van der Waals surface area contributed by atoms with Crippen LogP contribution in [0.25, 0.3) is 0 Å². The molecule has 1 rings (SSSR count). The van der Waals surface area contributed by atoms with Crippen LogP contribution in [0.15, 0.2) is 22.7 Å². The van der Waals surface area contributed by atoms with Gasteiger partial charge in [0, 0.05) is 4.47 Å². The van der Waals surface area contributed by atoms with E-state index in [4.69, 9.17) is 4.74 Å². The molecule has 0 aliphatic carbocycles. The van der Waals surface area contributed by atoms with E-state index in [0.717, 1.165) is 4.47 Å². The summed E-state index contributed by atoms with van der Waals surface area (Å²) in [6.07, 6.45) is 0.264. The van der Waals surface area contributed by atoms with Crippen molar-refractivity contribution < 1.29 is 4.74 Å². The number of rotatable bonds is 5. The van der Waals surface area contributed by atoms with Gasteiger partial charge in [-0.15, -0.1) is 0 Å². The van der Waals surface area contributed by atoms with Gasteiger partial charge < -0.3 is 10.1 Å². The summed E-state index contributed by atoms with van der Waals surface area (Å²) in [7, 11) is 1.96. The normalized spacial score (nSPS) is 13.1. The predicted octanol–water partition coefficient (Wildman–Crippen LogP) is 3.44. The van der Waals surface area contributed by atoms with Crippen LogP contribution in [0.3, 0.4) is 0 Å². The van der Waals surface area contributed by atoms with Crippen LogP contribution in [0.2, 0.25) is 0 Å². The number of likely N-dealkylation sites (N-methyl/N-ethyl adjacent to an activating group) is 1. The maximum atomic E-state index is 5.65. The average Bonchev–Trinajstić information content (AvgIpc) is 2.21. The Hall–Kier alpha value is -0.380. The molecule has 0 aliphatic rings. The van der Waals surface area contributed by atoms with Crippen molar-refractivity contribution in [1.82, 2.24) is 5.32 Å². The molecule has 0 spiro atoms. The van der Waals surface area contributed by atoms with Crippen molar-refractivity contribution in [2.24, 2.45) is 0 Å². The van der Waals surface area contributed by atoms with Crippen LogP contribution < -0.4 is 5.32 Å². The van der Waals surface area contributed by atoms with Crippen LogP contribution in [-0.4, -0.2) is 19.8 Å². The maximum absolute atomic E-state index is 5.65. The zero-order valence-electron chi connectivity index (χ0n) is 10.4. The van der Waals surface area contributed by atoms with Crippen molar-refractivity contribution in [3.63, 3.8) is 0 Å². The maximum Gasteiger partial charge on any atom is 0.0665 e. The molecular formula is C13H20BrNO. The highest BCUT2D eigenvalue weighted by Crippen LogP contribution is 2.24. The Bertz CT molecular complexity index is 339. The highest BCUT2D eigenvalue weighted by Gasteiger charge is 2.13. The van der Waals surface area contributed by atoms with Crippen LogP contribution >= 0.6 is 15.9 Å². The molecule has 3 heteroatoms. The Morgan fingerprint density at radius 3 is 2.56 bits per heavy atom. The summed E-state index contributed by atoms with van der Waals surface area (Å²) >= 11 is 3.60. The lowest BCUT2D eigenvalue weighted by atomic mass is 10.1. The third-order valence-electron chi connectivity index (χ3n) is 2.48. The van der Waals surface area contributed by atoms with Gasteiger partial charge >= 0.3 is 0 Å². The third-order valence-corrected chi connectivity index (χ3v) is 3.16. The van der Waals surface area contributed by atoms with Gasteiger partial charge in [-0.25, -0.2) is 0 Å². The van der Waals surface area contributed by atoms with E-state index in [1.807, 2.05) is 7.05 Å². The Balaban J connectivity index is 2.78. The van der Waals surface area contributed by atoms with E-state index in [-0.39, 0.29) is 12.1 Å². The van der Waals surface area contributed by atoms with Gasteiger partial charge in [-0.2, -0.15) is 0 Å². The van der Waals surface area contributed by atoms with Crippen LogP contribution in [0, 0.1) is 6.92 Å². The van der Waals surface area contributed by atoms with E-state index < -0.39 is 0 Å². The van der Waals surface area contributed by atoms with Crippen molar-refractivity contribution in [3.05, 3.63) is 33.8 Å². The molecule has 0 saturated heterocycles. The zero-order chi connectivity index (χ0) is 12.1. The SMILES string of the molecule is CNC(COC(C)C)c1ccc(C)cc1Br. The predicted molar refractivity (Wildman–Crippen MR) is 71.8 cm³/mol. The molecule has 0 amide bonds. The molecule has 0 bridgehead atoms. The summed E-state index contributed by atoms with van der Waals surface area (Å²) in [5.41, 5.74) is 2.50. The summed E-state index contributed by atoms with van der Waals surface area (Å²) in [5, 5.41) is 3.28. The number of nitrogens with one attached hydrogen (secondary N) is 1. The fourth-order valence-corrected chi connectivity index (χ4v) is 2.30. The van der Waals surface area contributed by atoms with Gasteiger partial charge in [-0.3, -0.25) is 0 Å². The molecule has 2 nitrogen and oxygen atoms in total. The van der Waals surface area contributed by atoms with Gasteiger partial charge in [0.25, 0.3) is 0 Å². The van der Waals surface area contributed by atoms with E-state index in [0.29, 0.717) is 6.61 Å². The number of hydrogen-bond acceptors (Lipinski definition) is 2. The van der Waals surface area contributed by atoms with Gasteiger partial charge in [0.05, 0.1) is 18.8 Å². The molecule has 0 aromatic heterocycles. The molecular weight excluding hydrogens is 266 g/mol. The second-order valence-electron chi connectivity index (χ2n) is 4.25. The lowest BCUT2D eigenvalue weighted by Gasteiger charge is -2.20. The van der Waals surface area contributed by atoms with Crippen molar-refractivity contribution in [3.8, 4) is 0 Å². The first kappa shape index (κ1) is 13.7. The van der Waals surface area contributed by atoms with Gasteiger partial charge in [-0.1, -0.05) is 28.1 Å². The van der Waals surface area contributed by atoms with Crippen LogP contribution in [0.4, 0.5) is 0 Å². The molecule has 1 aromatic carbocycles. The standard InChI is InChI=1S/C13H20BrNO/c1-9(2)16-8-13(15-4)11-6-5-10(3)7-12(11)14/h5-7,9,13,15H,8H2,1-4H3. The molecule has 1 atom stereocenters. The molecule has 1 unspecified atom stereocenters. The quantitative estimate of drug-likeness (QED) is 0.895. The first-order chi connectivity index (χ1) is 7.54. The minimum Gasteiger partial charge on any atom is -0.377 e. The van der Waals surface area contributed by atoms with Crippen molar-refractivity contribution in [1.29, 1.82) is 0 Å². The van der Waals surface area contributed by atoms with E-state index in [1.165, 1.54) is 11.1 Å². The average molecular weight is 286 g/mol. The lowest BCUT2D eigenvalue weighted by Crippen LogP contribution is -2.23. The number of halogens is 1. The number of benzene rings is 1. The van der Waals surface area contributed by atoms with Gasteiger partial charge in [0.2, 0.25) is 0 Å². The van der Waals surface area contributed by atoms with Crippen molar-refractivity contribution in [2.45, 2.75) is 32.9 Å². The van der Waals surface area contributed by atoms with Gasteiger partial charge in [0.1, 0.15) is 0 Å². The molecule has 1 N–H and O–H groups in total. The molecule has 0 heterocycles. The third kappa shape index (κ3) is 3.89. The summed E-state index contributed by atoms with van der Waals surface area (Å²) in [6, 6.07) is 6.64. The van der Waals surface area contributed by atoms with Crippen molar-refractivity contribution >= 4 is 15.9 Å². The van der Waals surface area contributed by atoms with Crippen LogP contribution in [0.5, 0.6) is 0 Å². The van der Waals surface area contributed by atoms with Gasteiger partial charge in [0.15, 0.2) is 0 Å². The molecule has 0 aliphatic heterocycles. The Kier molecular flexibility index (Phi) is 5.46. The Morgan fingerprint density at radius 2 is 2.06 bits per heavy atom. The first-order valence-corrected chi connectivity index (χ1v) is 6.38. The van der Waals surface area contributed by atoms with Crippen LogP contribution in [0.1, 0.15) is 31.0 Å². The monoisotopic (exact) mass is 285 g/mol. The molecule has 90 valence electrons. The summed E-state index contributed by atoms with van der Waals surface area (Å²) < 4.78 is 6.79. The van der Waals surface area contributed by atoms with Gasteiger partial charge in [-0.05, 0) is 45.0 Å². The molecule has 0 fully saturated rings. The van der Waals surface area contributed by atoms with Crippen LogP contribution in [-0.2, 0) is 4.74 Å². The fraction of sp³-hybridized carbons (Fsp3) is 0.538. The minimum atomic E-state index is 0.234. The highest BCUT2D eigenvalue weighted by molar-refractivity contribution is 9.10. The molecule has 0 radical (unpaired) electrons. The molecule has 16 heavy (non-hydrogen) atoms. The minimum absolute atomic E-state index is 0.234. The number of hydrogen-bond donors (Lipinski definition) is 1. The summed E-state index contributed by atoms with van der Waals surface area (Å²) in [6.45, 7) is 6.89. The summed E-state index contributed by atoms with van der Waals surface area (Å²) in [5.74, 6) is 0. The van der Waals surface area contributed by atoms with E-state index in [1.54, 1.807) is 0 Å². The van der Waals surface area contributed by atoms with E-state index in [2.05, 4.69) is 60.2 Å². The zero-order valence-corrected chi connectivity index (χ0v) is 12.0. The largest absolute Gasteiger partial charge is 0.377 e. The Labute approximate surface area is 107 Å². The second kappa shape index (κ2) is 6.38. The summed E-state index contributed by atoms with van der Waals surface area (Å²) in [4.78, 5) is 0. The highest BCUT2D eigenvalue weighted by atomic mass is 79.9. The Morgan fingerprint density at radius 1 is 1.38 bits per heavy atom. The molecule has 1 aromatic rings. The smallest absolute Gasteiger partial charge is 0.0665 e. The molecule has 0 saturated carbocycles. The van der Waals surface area contributed by atoms with Crippen molar-refractivity contribution in [2.75, 3.05) is 13.7 Å². The lowest BCUT2D eigenvalue weighted by molar-refractivity contribution is 0.0625. The van der Waals surface area contributed by atoms with E-state index in [9.17, 15) is 0 Å². The first-order valence-electron chi connectivity index (χ1n) is 5.59. The topological polar surface area (TPSA) is 21.3 Å². The number of ether oxygens (including phenoxy) is 1. The fourth-order valence-electron chi connectivity index (χ4n) is 1.53. The van der Waals surface area contributed by atoms with E-state index >= 15 is 0 Å². The second-order valence-corrected chi connectivity index (χ2v) is 5.10.